The number of nitrogens with zero attached hydrogens (tertiary/aromatic N) is 2. The van der Waals surface area contributed by atoms with Gasteiger partial charge in [-0.2, -0.15) is 0 Å². The second-order valence-corrected chi connectivity index (χ2v) is 6.38. The Labute approximate surface area is 155 Å². The highest BCUT2D eigenvalue weighted by Crippen LogP contribution is 2.19. The number of hydrogen-bond donors (Lipinski definition) is 2. The first kappa shape index (κ1) is 18.0. The molecule has 1 aliphatic rings. The minimum Gasteiger partial charge on any atom is -0.368 e. The van der Waals surface area contributed by atoms with Gasteiger partial charge >= 0.3 is 0 Å². The number of rotatable bonds is 4. The third-order valence-electron chi connectivity index (χ3n) is 4.29. The lowest BCUT2D eigenvalue weighted by atomic mass is 10.2. The molecule has 7 nitrogen and oxygen atoms in total. The molecule has 1 aliphatic heterocycles. The molecule has 2 N–H and O–H groups in total. The number of aromatic nitrogens is 1. The predicted molar refractivity (Wildman–Crippen MR) is 99.6 cm³/mol. The summed E-state index contributed by atoms with van der Waals surface area (Å²) in [5.41, 5.74) is 0.583. The monoisotopic (exact) mass is 374 g/mol. The van der Waals surface area contributed by atoms with Gasteiger partial charge in [0.25, 0.3) is 11.5 Å². The lowest BCUT2D eigenvalue weighted by Crippen LogP contribution is -2.51. The van der Waals surface area contributed by atoms with Crippen LogP contribution in [0.5, 0.6) is 0 Å². The number of benzene rings is 1. The van der Waals surface area contributed by atoms with Crippen molar-refractivity contribution in [3.05, 3.63) is 63.5 Å². The summed E-state index contributed by atoms with van der Waals surface area (Å²) in [6.07, 6.45) is 1.45. The molecule has 0 saturated carbocycles. The number of hydrogen-bond acceptors (Lipinski definition) is 4. The number of amides is 2. The van der Waals surface area contributed by atoms with Crippen molar-refractivity contribution in [1.82, 2.24) is 15.2 Å². The van der Waals surface area contributed by atoms with Crippen LogP contribution in [-0.2, 0) is 4.79 Å². The maximum atomic E-state index is 12.3. The van der Waals surface area contributed by atoms with Gasteiger partial charge in [0.1, 0.15) is 5.56 Å². The SMILES string of the molecule is O=C(NCC(=O)N1CCN(c2ccc(Cl)cc2)CC1)c1ccc[nH]c1=O. The topological polar surface area (TPSA) is 85.5 Å². The largest absolute Gasteiger partial charge is 0.368 e. The number of carbonyl (C=O) groups excluding carboxylic acids is 2. The van der Waals surface area contributed by atoms with Crippen LogP contribution in [0, 0.1) is 0 Å². The van der Waals surface area contributed by atoms with E-state index in [-0.39, 0.29) is 18.0 Å². The number of anilines is 1. The van der Waals surface area contributed by atoms with E-state index in [2.05, 4.69) is 15.2 Å². The van der Waals surface area contributed by atoms with Gasteiger partial charge in [0.15, 0.2) is 0 Å². The Morgan fingerprint density at radius 2 is 1.77 bits per heavy atom. The van der Waals surface area contributed by atoms with Crippen LogP contribution >= 0.6 is 11.6 Å². The summed E-state index contributed by atoms with van der Waals surface area (Å²) >= 11 is 5.90. The van der Waals surface area contributed by atoms with E-state index in [0.29, 0.717) is 31.2 Å². The summed E-state index contributed by atoms with van der Waals surface area (Å²) in [4.78, 5) is 42.2. The maximum Gasteiger partial charge on any atom is 0.260 e. The first-order valence-electron chi connectivity index (χ1n) is 8.29. The quantitative estimate of drug-likeness (QED) is 0.839. The number of H-pyrrole nitrogens is 1. The van der Waals surface area contributed by atoms with E-state index in [4.69, 9.17) is 11.6 Å². The highest BCUT2D eigenvalue weighted by Gasteiger charge is 2.22. The van der Waals surface area contributed by atoms with Crippen LogP contribution in [0.15, 0.2) is 47.4 Å². The molecule has 0 radical (unpaired) electrons. The molecule has 0 unspecified atom stereocenters. The number of nitrogens with one attached hydrogen (secondary N) is 2. The molecule has 2 heterocycles. The molecule has 1 fully saturated rings. The summed E-state index contributed by atoms with van der Waals surface area (Å²) in [6, 6.07) is 10.6. The van der Waals surface area contributed by atoms with E-state index in [1.807, 2.05) is 24.3 Å². The van der Waals surface area contributed by atoms with Gasteiger partial charge in [0, 0.05) is 43.1 Å². The van der Waals surface area contributed by atoms with Gasteiger partial charge in [0.05, 0.1) is 6.54 Å². The predicted octanol–water partition coefficient (Wildman–Crippen LogP) is 1.11. The highest BCUT2D eigenvalue weighted by atomic mass is 35.5. The maximum absolute atomic E-state index is 12.3. The molecule has 136 valence electrons. The van der Waals surface area contributed by atoms with Crippen LogP contribution in [0.1, 0.15) is 10.4 Å². The number of pyridine rings is 1. The third-order valence-corrected chi connectivity index (χ3v) is 4.54. The van der Waals surface area contributed by atoms with Crippen molar-refractivity contribution >= 4 is 29.1 Å². The van der Waals surface area contributed by atoms with E-state index >= 15 is 0 Å². The third kappa shape index (κ3) is 4.23. The summed E-state index contributed by atoms with van der Waals surface area (Å²) in [5, 5.41) is 3.20. The molecular formula is C18H19ClN4O3. The van der Waals surface area contributed by atoms with Crippen molar-refractivity contribution in [2.24, 2.45) is 0 Å². The Hall–Kier alpha value is -2.80. The zero-order chi connectivity index (χ0) is 18.5. The first-order valence-corrected chi connectivity index (χ1v) is 8.66. The molecule has 0 bridgehead atoms. The minimum atomic E-state index is -0.556. The van der Waals surface area contributed by atoms with Crippen LogP contribution in [0.2, 0.25) is 5.02 Å². The van der Waals surface area contributed by atoms with Crippen molar-refractivity contribution in [2.75, 3.05) is 37.6 Å². The standard InChI is InChI=1S/C18H19ClN4O3/c19-13-3-5-14(6-4-13)22-8-10-23(11-9-22)16(24)12-21-18(26)15-2-1-7-20-17(15)25/h1-7H,8-12H2,(H,20,25)(H,21,26). The molecular weight excluding hydrogens is 356 g/mol. The van der Waals surface area contributed by atoms with Gasteiger partial charge in [-0.1, -0.05) is 11.6 Å². The van der Waals surface area contributed by atoms with Crippen LogP contribution in [0.25, 0.3) is 0 Å². The van der Waals surface area contributed by atoms with Gasteiger partial charge in [-0.3, -0.25) is 14.4 Å². The fourth-order valence-electron chi connectivity index (χ4n) is 2.83. The van der Waals surface area contributed by atoms with Gasteiger partial charge < -0.3 is 20.1 Å². The number of aromatic amines is 1. The molecule has 0 atom stereocenters. The Morgan fingerprint density at radius 3 is 2.42 bits per heavy atom. The van der Waals surface area contributed by atoms with Crippen LogP contribution in [0.3, 0.4) is 0 Å². The van der Waals surface area contributed by atoms with Crippen molar-refractivity contribution in [3.63, 3.8) is 0 Å². The van der Waals surface area contributed by atoms with Crippen LogP contribution < -0.4 is 15.8 Å². The average Bonchev–Trinajstić information content (AvgIpc) is 2.67. The van der Waals surface area contributed by atoms with Crippen molar-refractivity contribution in [1.29, 1.82) is 0 Å². The molecule has 2 aromatic rings. The van der Waals surface area contributed by atoms with Gasteiger partial charge in [-0.25, -0.2) is 0 Å². The molecule has 8 heteroatoms. The van der Waals surface area contributed by atoms with Crippen molar-refractivity contribution in [3.8, 4) is 0 Å². The van der Waals surface area contributed by atoms with Crippen LogP contribution in [0.4, 0.5) is 5.69 Å². The lowest BCUT2D eigenvalue weighted by Gasteiger charge is -2.36. The second-order valence-electron chi connectivity index (χ2n) is 5.94. The Kier molecular flexibility index (Phi) is 5.58. The lowest BCUT2D eigenvalue weighted by molar-refractivity contribution is -0.130. The van der Waals surface area contributed by atoms with E-state index < -0.39 is 11.5 Å². The Morgan fingerprint density at radius 1 is 1.08 bits per heavy atom. The van der Waals surface area contributed by atoms with Gasteiger partial charge in [0.2, 0.25) is 5.91 Å². The first-order chi connectivity index (χ1) is 12.5. The smallest absolute Gasteiger partial charge is 0.260 e. The second kappa shape index (κ2) is 8.05. The highest BCUT2D eigenvalue weighted by molar-refractivity contribution is 6.30. The normalized spacial score (nSPS) is 14.2. The zero-order valence-corrected chi connectivity index (χ0v) is 14.8. The summed E-state index contributed by atoms with van der Waals surface area (Å²) in [6.45, 7) is 2.43. The summed E-state index contributed by atoms with van der Waals surface area (Å²) < 4.78 is 0. The number of halogens is 1. The fraction of sp³-hybridized carbons (Fsp3) is 0.278. The minimum absolute atomic E-state index is 0.00661. The molecule has 1 aromatic carbocycles. The average molecular weight is 375 g/mol. The van der Waals surface area contributed by atoms with Gasteiger partial charge in [-0.05, 0) is 36.4 Å². The fourth-order valence-corrected chi connectivity index (χ4v) is 2.96. The Bertz CT molecular complexity index is 842. The summed E-state index contributed by atoms with van der Waals surface area (Å²) in [5.74, 6) is -0.721. The molecule has 2 amide bonds. The molecule has 0 aliphatic carbocycles. The van der Waals surface area contributed by atoms with Gasteiger partial charge in [-0.15, -0.1) is 0 Å². The number of piperazine rings is 1. The van der Waals surface area contributed by atoms with E-state index in [9.17, 15) is 14.4 Å². The van der Waals surface area contributed by atoms with E-state index in [0.717, 1.165) is 5.69 Å². The van der Waals surface area contributed by atoms with E-state index in [1.165, 1.54) is 12.3 Å². The zero-order valence-electron chi connectivity index (χ0n) is 14.1. The van der Waals surface area contributed by atoms with Crippen molar-refractivity contribution < 1.29 is 9.59 Å². The van der Waals surface area contributed by atoms with Crippen LogP contribution in [-0.4, -0.2) is 54.4 Å². The molecule has 3 rings (SSSR count). The molecule has 1 saturated heterocycles. The summed E-state index contributed by atoms with van der Waals surface area (Å²) in [7, 11) is 0. The molecule has 1 aromatic heterocycles. The molecule has 0 spiro atoms. The van der Waals surface area contributed by atoms with Crippen molar-refractivity contribution in [2.45, 2.75) is 0 Å². The Balaban J connectivity index is 1.49. The van der Waals surface area contributed by atoms with E-state index in [1.54, 1.807) is 11.0 Å². The number of carbonyl (C=O) groups is 2. The molecule has 26 heavy (non-hydrogen) atoms.